The number of benzene rings is 4. The average molecular weight is 1730 g/mol. The van der Waals surface area contributed by atoms with Gasteiger partial charge in [0.2, 0.25) is 44.7 Å². The van der Waals surface area contributed by atoms with Crippen molar-refractivity contribution in [2.75, 3.05) is 55.8 Å². The fourth-order valence-electron chi connectivity index (χ4n) is 8.41. The number of amides is 2. The number of alkyl halides is 13. The number of nitrogens with zero attached hydrogens (tertiary/aromatic N) is 9. The molecule has 9 rings (SSSR count). The van der Waals surface area contributed by atoms with Gasteiger partial charge in [0.05, 0.1) is 48.9 Å². The highest BCUT2D eigenvalue weighted by atomic mass is 35.5. The number of aromatic nitrogens is 8. The largest absolute Gasteiger partial charge is 0.408 e. The number of carbonyl (C=O) groups excluding carboxylic acids is 2. The number of hydrogen-bond donors (Lipinski definition) is 9. The van der Waals surface area contributed by atoms with Crippen LogP contribution in [0.4, 0.5) is 111 Å². The quantitative estimate of drug-likeness (QED) is 0.00907. The molecule has 0 radical (unpaired) electrons. The van der Waals surface area contributed by atoms with E-state index in [0.717, 1.165) is 58.2 Å². The van der Waals surface area contributed by atoms with Crippen LogP contribution in [0.5, 0.6) is 0 Å². The first-order valence-electron chi connectivity index (χ1n) is 29.3. The molecule has 580 valence electrons. The van der Waals surface area contributed by atoms with Gasteiger partial charge >= 0.3 is 24.7 Å². The second kappa shape index (κ2) is 36.6. The number of nitrogens with two attached hydrogens (primary N) is 1. The first kappa shape index (κ1) is 88.0. The molecular weight excluding hydrogens is 1680 g/mol. The van der Waals surface area contributed by atoms with Crippen LogP contribution in [-0.2, 0) is 19.4 Å². The Morgan fingerprint density at radius 2 is 0.813 bits per heavy atom. The molecule has 22 nitrogen and oxygen atoms in total. The molecule has 1 aliphatic heterocycles. The summed E-state index contributed by atoms with van der Waals surface area (Å²) in [7, 11) is -3.99. The van der Waals surface area contributed by atoms with Crippen LogP contribution in [-0.4, -0.2) is 128 Å². The van der Waals surface area contributed by atoms with Gasteiger partial charge in [0.15, 0.2) is 0 Å². The van der Waals surface area contributed by atoms with Gasteiger partial charge in [-0.25, -0.2) is 41.8 Å². The Morgan fingerprint density at radius 3 is 1.12 bits per heavy atom. The number of carbonyl (C=O) groups is 2. The van der Waals surface area contributed by atoms with Crippen molar-refractivity contribution in [1.29, 1.82) is 0 Å². The van der Waals surface area contributed by atoms with E-state index in [0.29, 0.717) is 0 Å². The van der Waals surface area contributed by atoms with Gasteiger partial charge in [-0.1, -0.05) is 117 Å². The van der Waals surface area contributed by atoms with E-state index in [-0.39, 0.29) is 136 Å². The monoisotopic (exact) mass is 1720 g/mol. The number of hydrogen-bond acceptors (Lipinski definition) is 20. The lowest BCUT2D eigenvalue weighted by Gasteiger charge is -2.23. The van der Waals surface area contributed by atoms with E-state index in [1.54, 1.807) is 0 Å². The van der Waals surface area contributed by atoms with E-state index < -0.39 is 115 Å². The van der Waals surface area contributed by atoms with Crippen molar-refractivity contribution in [3.8, 4) is 44.5 Å². The second-order valence-electron chi connectivity index (χ2n) is 21.7. The maximum atomic E-state index is 14.4. The molecule has 0 unspecified atom stereocenters. The first-order chi connectivity index (χ1) is 49.6. The van der Waals surface area contributed by atoms with Crippen molar-refractivity contribution < 1.29 is 88.3 Å². The molecule has 8 aromatic rings. The number of nitrogens with one attached hydrogen (secondary N) is 8. The summed E-state index contributed by atoms with van der Waals surface area (Å²) in [5.41, 5.74) is 6.93. The summed E-state index contributed by atoms with van der Waals surface area (Å²) in [4.78, 5) is 53.4. The Balaban J connectivity index is 0.000000224. The van der Waals surface area contributed by atoms with Crippen LogP contribution in [0.3, 0.4) is 0 Å². The van der Waals surface area contributed by atoms with E-state index in [1.807, 2.05) is 5.32 Å². The maximum absolute atomic E-state index is 14.4. The number of halogens is 25. The van der Waals surface area contributed by atoms with E-state index in [2.05, 4.69) is 77.5 Å². The molecule has 10 N–H and O–H groups in total. The molecule has 1 saturated heterocycles. The minimum absolute atomic E-state index is 0.0264. The standard InChI is InChI=1S/C16H14Cl3F4N5O.C16H13Cl2F4N5O.C14H11Cl2F4N3O2S.C13H11Cl2F4N5/c1-7(16(21,22)23)24-14-12(11-8(18)3-2-4-9(11)20)13(19)25-15(26-14)28-27-10(29)5-6-17;1-7(16(20,21)22)23-14-12(11-8(17)3-2-4-9(11)19)13(18)24-15(25-14)27-6-5-10(28)26-27;1-6(14(18,19)20)21-12-10(9-7(15)4-3-5-8(9)17)11(16)22-13(23-12)26(2,24)25;1-5(13(17,18)19)21-11-9(10(15)22-12(23-11)24-20)8-6(14)3-2-4-7(8)16/h2-4,7H,5-6H2,1H3,(H,27,29)(H2,24,25,26,28);2-4,7H,5-6H2,1H3,(H,26,28)(H,23,24,25);3-6H,1-2H3,(H,21,22,23);2-5H,20H2,1H3,(H2,21,22,23,24)/t2*7-;6-;5-/m0000/s1. The molecular formula is C59H49Cl9F16N18O4S. The summed E-state index contributed by atoms with van der Waals surface area (Å²) in [5, 5.41) is 6.91. The Bertz CT molecular complexity index is 4600. The van der Waals surface area contributed by atoms with E-state index >= 15 is 0 Å². The highest BCUT2D eigenvalue weighted by Crippen LogP contribution is 2.46. The van der Waals surface area contributed by atoms with Crippen molar-refractivity contribution in [2.45, 2.75) is 94.6 Å². The molecule has 48 heteroatoms. The fourth-order valence-corrected chi connectivity index (χ4v) is 11.2. The smallest absolute Gasteiger partial charge is 0.358 e. The lowest BCUT2D eigenvalue weighted by atomic mass is 10.1. The van der Waals surface area contributed by atoms with Gasteiger partial charge in [0.25, 0.3) is 0 Å². The lowest BCUT2D eigenvalue weighted by molar-refractivity contribution is -0.139. The number of anilines is 7. The van der Waals surface area contributed by atoms with Gasteiger partial charge in [-0.2, -0.15) is 82.6 Å². The van der Waals surface area contributed by atoms with Gasteiger partial charge in [-0.15, -0.1) is 11.6 Å². The predicted octanol–water partition coefficient (Wildman–Crippen LogP) is 17.8. The molecule has 107 heavy (non-hydrogen) atoms. The summed E-state index contributed by atoms with van der Waals surface area (Å²) in [5.74, 6) is -1.39. The second-order valence-corrected chi connectivity index (χ2v) is 27.0. The molecule has 0 bridgehead atoms. The van der Waals surface area contributed by atoms with Crippen LogP contribution in [0.25, 0.3) is 44.5 Å². The summed E-state index contributed by atoms with van der Waals surface area (Å²) < 4.78 is 236. The summed E-state index contributed by atoms with van der Waals surface area (Å²) in [6.45, 7) is 3.57. The van der Waals surface area contributed by atoms with Crippen LogP contribution in [0.15, 0.2) is 78.0 Å². The van der Waals surface area contributed by atoms with Crippen molar-refractivity contribution in [1.82, 2.24) is 50.7 Å². The Kier molecular flexibility index (Phi) is 30.1. The Hall–Kier alpha value is -7.86. The molecule has 4 aromatic carbocycles. The van der Waals surface area contributed by atoms with E-state index in [4.69, 9.17) is 110 Å². The SMILES string of the molecule is C[C@H](Nc1nc(N2CCC(=O)N2)nc(Cl)c1-c1c(F)cccc1Cl)C(F)(F)F.C[C@H](Nc1nc(NN)nc(Cl)c1-c1c(F)cccc1Cl)C(F)(F)F.C[C@H](Nc1nc(NNC(=O)CCCl)nc(Cl)c1-c1c(F)cccc1Cl)C(F)(F)F.C[C@H](Nc1nc(S(C)(=O)=O)nc(Cl)c1-c1c(F)cccc1Cl)C(F)(F)F. The zero-order chi connectivity index (χ0) is 80.3. The number of rotatable bonds is 19. The zero-order valence-corrected chi connectivity index (χ0v) is 61.8. The van der Waals surface area contributed by atoms with Gasteiger partial charge < -0.3 is 21.3 Å². The van der Waals surface area contributed by atoms with Crippen LogP contribution in [0.1, 0.15) is 40.5 Å². The maximum Gasteiger partial charge on any atom is 0.408 e. The first-order valence-corrected chi connectivity index (χ1v) is 34.8. The molecule has 2 amide bonds. The highest BCUT2D eigenvalue weighted by Gasteiger charge is 2.41. The number of hydrazine groups is 3. The summed E-state index contributed by atoms with van der Waals surface area (Å²) in [6, 6.07) is 6.69. The van der Waals surface area contributed by atoms with Gasteiger partial charge in [-0.3, -0.25) is 36.3 Å². The lowest BCUT2D eigenvalue weighted by Crippen LogP contribution is -2.36. The van der Waals surface area contributed by atoms with Crippen LogP contribution in [0, 0.1) is 23.3 Å². The minimum atomic E-state index is -4.68. The fraction of sp³-hybridized carbons (Fsp3) is 0.288. The Labute approximate surface area is 639 Å². The molecule has 0 saturated carbocycles. The van der Waals surface area contributed by atoms with Crippen LogP contribution in [0.2, 0.25) is 40.7 Å². The average Bonchev–Trinajstić information content (AvgIpc) is 1.39. The van der Waals surface area contributed by atoms with Crippen molar-refractivity contribution in [3.05, 3.63) is 137 Å². The van der Waals surface area contributed by atoms with E-state index in [1.165, 1.54) is 53.5 Å². The van der Waals surface area contributed by atoms with Gasteiger partial charge in [-0.05, 0) is 76.2 Å². The predicted molar refractivity (Wildman–Crippen MR) is 374 cm³/mol. The van der Waals surface area contributed by atoms with Crippen LogP contribution >= 0.6 is 104 Å². The third-order valence-electron chi connectivity index (χ3n) is 13.8. The molecule has 1 aliphatic rings. The molecule has 1 fully saturated rings. The molecule has 4 atom stereocenters. The van der Waals surface area contributed by atoms with Crippen molar-refractivity contribution >= 4 is 167 Å². The highest BCUT2D eigenvalue weighted by molar-refractivity contribution is 7.90. The van der Waals surface area contributed by atoms with Crippen LogP contribution < -0.4 is 53.8 Å². The zero-order valence-electron chi connectivity index (χ0n) is 54.2. The molecule has 0 aliphatic carbocycles. The van der Waals surface area contributed by atoms with Crippen molar-refractivity contribution in [3.63, 3.8) is 0 Å². The Morgan fingerprint density at radius 1 is 0.495 bits per heavy atom. The minimum Gasteiger partial charge on any atom is -0.358 e. The third-order valence-corrected chi connectivity index (χ3v) is 17.2. The molecule has 0 spiro atoms. The topological polar surface area (TPSA) is 297 Å². The molecule has 4 aromatic heterocycles. The third kappa shape index (κ3) is 23.3. The number of nitrogen functional groups attached to an aromatic ring is 1. The number of sulfone groups is 1. The summed E-state index contributed by atoms with van der Waals surface area (Å²) >= 11 is 53.7. The van der Waals surface area contributed by atoms with E-state index in [9.17, 15) is 88.3 Å². The van der Waals surface area contributed by atoms with Gasteiger partial charge in [0, 0.05) is 47.2 Å². The normalized spacial score (nSPS) is 13.6. The van der Waals surface area contributed by atoms with Crippen molar-refractivity contribution in [2.24, 2.45) is 5.84 Å². The summed E-state index contributed by atoms with van der Waals surface area (Å²) in [6.07, 6.45) is -17.6. The van der Waals surface area contributed by atoms with Gasteiger partial charge in [0.1, 0.15) is 91.3 Å². The molecule has 5 heterocycles.